The summed E-state index contributed by atoms with van der Waals surface area (Å²) in [5.74, 6) is 0.265. The second kappa shape index (κ2) is 7.47. The van der Waals surface area contributed by atoms with E-state index < -0.39 is 0 Å². The zero-order valence-corrected chi connectivity index (χ0v) is 14.6. The number of nitrogens with one attached hydrogen (secondary N) is 1. The number of carbonyl (C=O) groups excluding carboxylic acids is 1. The number of rotatable bonds is 5. The molecule has 1 aliphatic rings. The monoisotopic (exact) mass is 327 g/mol. The van der Waals surface area contributed by atoms with Gasteiger partial charge in [0.25, 0.3) is 5.91 Å². The molecule has 1 N–H and O–H groups in total. The summed E-state index contributed by atoms with van der Waals surface area (Å²) in [6.45, 7) is 9.44. The lowest BCUT2D eigenvalue weighted by molar-refractivity contribution is -0.0963. The molecule has 0 aliphatic carbocycles. The first kappa shape index (κ1) is 17.3. The Bertz CT molecular complexity index is 515. The summed E-state index contributed by atoms with van der Waals surface area (Å²) in [4.78, 5) is 14.6. The van der Waals surface area contributed by atoms with Crippen LogP contribution in [0.15, 0.2) is 0 Å². The van der Waals surface area contributed by atoms with E-state index in [0.29, 0.717) is 29.7 Å². The van der Waals surface area contributed by atoms with Crippen molar-refractivity contribution >= 4 is 17.5 Å². The van der Waals surface area contributed by atoms with Crippen molar-refractivity contribution in [2.45, 2.75) is 59.2 Å². The van der Waals surface area contributed by atoms with Gasteiger partial charge in [-0.25, -0.2) is 0 Å². The van der Waals surface area contributed by atoms with E-state index in [4.69, 9.17) is 16.3 Å². The van der Waals surface area contributed by atoms with E-state index in [1.165, 1.54) is 0 Å². The summed E-state index contributed by atoms with van der Waals surface area (Å²) in [7, 11) is 0. The highest BCUT2D eigenvalue weighted by Gasteiger charge is 2.33. The molecule has 124 valence electrons. The lowest BCUT2D eigenvalue weighted by Crippen LogP contribution is -2.51. The van der Waals surface area contributed by atoms with Crippen molar-refractivity contribution in [1.29, 1.82) is 0 Å². The van der Waals surface area contributed by atoms with Crippen LogP contribution in [0, 0.1) is 12.8 Å². The highest BCUT2D eigenvalue weighted by molar-refractivity contribution is 6.34. The maximum atomic E-state index is 12.7. The molecule has 1 aliphatic heterocycles. The molecule has 1 aromatic rings. The van der Waals surface area contributed by atoms with Gasteiger partial charge in [-0.05, 0) is 19.3 Å². The Hall–Kier alpha value is -1.07. The minimum absolute atomic E-state index is 0.0679. The van der Waals surface area contributed by atoms with E-state index in [0.717, 1.165) is 25.0 Å². The maximum Gasteiger partial charge on any atom is 0.276 e. The molecule has 0 unspecified atom stereocenters. The van der Waals surface area contributed by atoms with Crippen LogP contribution < -0.4 is 0 Å². The number of nitrogens with zero attached hydrogens (tertiary/aromatic N) is 2. The smallest absolute Gasteiger partial charge is 0.276 e. The number of amides is 1. The molecule has 2 rings (SSSR count). The zero-order valence-electron chi connectivity index (χ0n) is 13.9. The number of morpholine rings is 1. The Kier molecular flexibility index (Phi) is 5.87. The Morgan fingerprint density at radius 3 is 2.77 bits per heavy atom. The average Bonchev–Trinajstić information content (AvgIpc) is 2.83. The van der Waals surface area contributed by atoms with Gasteiger partial charge < -0.3 is 9.64 Å². The van der Waals surface area contributed by atoms with Gasteiger partial charge in [0.15, 0.2) is 5.69 Å². The minimum atomic E-state index is -0.107. The molecule has 2 atom stereocenters. The minimum Gasteiger partial charge on any atom is -0.371 e. The molecule has 0 radical (unpaired) electrons. The lowest BCUT2D eigenvalue weighted by atomic mass is 10.0. The van der Waals surface area contributed by atoms with Crippen LogP contribution >= 0.6 is 11.6 Å². The second-order valence-corrected chi connectivity index (χ2v) is 6.78. The number of halogens is 1. The SMILES string of the molecule is CCCC[C@@H]1CN(C(=O)c2n[nH]c(C)c2Cl)C[C@H](C(C)C)O1. The lowest BCUT2D eigenvalue weighted by Gasteiger charge is -2.39. The summed E-state index contributed by atoms with van der Waals surface area (Å²) >= 11 is 6.17. The summed E-state index contributed by atoms with van der Waals surface area (Å²) in [6, 6.07) is 0. The van der Waals surface area contributed by atoms with Gasteiger partial charge in [-0.15, -0.1) is 0 Å². The first-order valence-electron chi connectivity index (χ1n) is 8.09. The van der Waals surface area contributed by atoms with E-state index in [-0.39, 0.29) is 18.1 Å². The molecule has 0 spiro atoms. The van der Waals surface area contributed by atoms with Crippen LogP contribution in [0.5, 0.6) is 0 Å². The van der Waals surface area contributed by atoms with E-state index in [9.17, 15) is 4.79 Å². The van der Waals surface area contributed by atoms with Crippen LogP contribution in [0.4, 0.5) is 0 Å². The van der Waals surface area contributed by atoms with Crippen molar-refractivity contribution in [2.75, 3.05) is 13.1 Å². The number of carbonyl (C=O) groups is 1. The summed E-state index contributed by atoms with van der Waals surface area (Å²) in [6.07, 6.45) is 3.39. The number of H-pyrrole nitrogens is 1. The van der Waals surface area contributed by atoms with Crippen LogP contribution in [0.2, 0.25) is 5.02 Å². The number of aromatic amines is 1. The zero-order chi connectivity index (χ0) is 16.3. The summed E-state index contributed by atoms with van der Waals surface area (Å²) in [5, 5.41) is 7.25. The highest BCUT2D eigenvalue weighted by Crippen LogP contribution is 2.24. The molecule has 6 heteroatoms. The quantitative estimate of drug-likeness (QED) is 0.901. The fourth-order valence-corrected chi connectivity index (χ4v) is 2.87. The van der Waals surface area contributed by atoms with Crippen molar-refractivity contribution in [2.24, 2.45) is 5.92 Å². The third-order valence-corrected chi connectivity index (χ3v) is 4.64. The maximum absolute atomic E-state index is 12.7. The molecular weight excluding hydrogens is 302 g/mol. The second-order valence-electron chi connectivity index (χ2n) is 6.40. The van der Waals surface area contributed by atoms with Crippen molar-refractivity contribution < 1.29 is 9.53 Å². The molecule has 0 saturated carbocycles. The topological polar surface area (TPSA) is 58.2 Å². The van der Waals surface area contributed by atoms with Crippen molar-refractivity contribution in [3.63, 3.8) is 0 Å². The number of aromatic nitrogens is 2. The molecule has 5 nitrogen and oxygen atoms in total. The number of aryl methyl sites for hydroxylation is 1. The third kappa shape index (κ3) is 3.82. The standard InChI is InChI=1S/C16H26ClN3O2/c1-5-6-7-12-8-20(9-13(22-12)10(2)3)16(21)15-14(17)11(4)18-19-15/h10,12-13H,5-9H2,1-4H3,(H,18,19)/t12-,13-/m1/s1. The predicted molar refractivity (Wildman–Crippen MR) is 87.3 cm³/mol. The van der Waals surface area contributed by atoms with Gasteiger partial charge in [-0.2, -0.15) is 5.10 Å². The highest BCUT2D eigenvalue weighted by atomic mass is 35.5. The number of hydrogen-bond donors (Lipinski definition) is 1. The molecular formula is C16H26ClN3O2. The normalized spacial score (nSPS) is 22.4. The number of unbranched alkanes of at least 4 members (excludes halogenated alkanes) is 1. The molecule has 22 heavy (non-hydrogen) atoms. The largest absolute Gasteiger partial charge is 0.371 e. The fourth-order valence-electron chi connectivity index (χ4n) is 2.70. The van der Waals surface area contributed by atoms with Crippen LogP contribution in [0.25, 0.3) is 0 Å². The van der Waals surface area contributed by atoms with Gasteiger partial charge in [0, 0.05) is 13.1 Å². The van der Waals surface area contributed by atoms with Gasteiger partial charge in [-0.3, -0.25) is 9.89 Å². The molecule has 1 saturated heterocycles. The van der Waals surface area contributed by atoms with Crippen LogP contribution in [0.3, 0.4) is 0 Å². The Morgan fingerprint density at radius 1 is 1.50 bits per heavy atom. The molecule has 1 aromatic heterocycles. The van der Waals surface area contributed by atoms with Crippen LogP contribution in [0.1, 0.15) is 56.2 Å². The van der Waals surface area contributed by atoms with Crippen molar-refractivity contribution in [3.8, 4) is 0 Å². The van der Waals surface area contributed by atoms with Gasteiger partial charge >= 0.3 is 0 Å². The summed E-state index contributed by atoms with van der Waals surface area (Å²) in [5.41, 5.74) is 1.04. The van der Waals surface area contributed by atoms with E-state index >= 15 is 0 Å². The van der Waals surface area contributed by atoms with E-state index in [2.05, 4.69) is 31.0 Å². The number of hydrogen-bond acceptors (Lipinski definition) is 3. The van der Waals surface area contributed by atoms with Crippen LogP contribution in [-0.2, 0) is 4.74 Å². The van der Waals surface area contributed by atoms with Crippen LogP contribution in [-0.4, -0.2) is 46.3 Å². The van der Waals surface area contributed by atoms with Crippen molar-refractivity contribution in [3.05, 3.63) is 16.4 Å². The Labute approximate surface area is 137 Å². The first-order chi connectivity index (χ1) is 10.4. The molecule has 1 fully saturated rings. The van der Waals surface area contributed by atoms with Crippen molar-refractivity contribution in [1.82, 2.24) is 15.1 Å². The molecule has 1 amide bonds. The molecule has 2 heterocycles. The van der Waals surface area contributed by atoms with E-state index in [1.807, 2.05) is 11.8 Å². The summed E-state index contributed by atoms with van der Waals surface area (Å²) < 4.78 is 6.15. The fraction of sp³-hybridized carbons (Fsp3) is 0.750. The predicted octanol–water partition coefficient (Wildman–Crippen LogP) is 3.43. The Morgan fingerprint density at radius 2 is 2.23 bits per heavy atom. The van der Waals surface area contributed by atoms with Gasteiger partial charge in [-0.1, -0.05) is 45.2 Å². The molecule has 0 aromatic carbocycles. The number of ether oxygens (including phenoxy) is 1. The first-order valence-corrected chi connectivity index (χ1v) is 8.47. The van der Waals surface area contributed by atoms with Gasteiger partial charge in [0.05, 0.1) is 22.9 Å². The average molecular weight is 328 g/mol. The third-order valence-electron chi connectivity index (χ3n) is 4.18. The van der Waals surface area contributed by atoms with Gasteiger partial charge in [0.2, 0.25) is 0 Å². The Balaban J connectivity index is 2.13. The molecule has 0 bridgehead atoms. The van der Waals surface area contributed by atoms with Gasteiger partial charge in [0.1, 0.15) is 0 Å². The van der Waals surface area contributed by atoms with E-state index in [1.54, 1.807) is 0 Å².